The lowest BCUT2D eigenvalue weighted by Crippen LogP contribution is -2.29. The normalized spacial score (nSPS) is 23.1. The van der Waals surface area contributed by atoms with E-state index >= 15 is 0 Å². The van der Waals surface area contributed by atoms with Gasteiger partial charge in [-0.15, -0.1) is 0 Å². The monoisotopic (exact) mass is 270 g/mol. The molecular weight excluding hydrogens is 244 g/mol. The number of anilines is 2. The second-order valence-corrected chi connectivity index (χ2v) is 6.94. The van der Waals surface area contributed by atoms with E-state index in [9.17, 15) is 0 Å². The van der Waals surface area contributed by atoms with Crippen LogP contribution in [-0.4, -0.2) is 19.1 Å². The lowest BCUT2D eigenvalue weighted by Gasteiger charge is -2.29. The molecule has 2 nitrogen and oxygen atoms in total. The van der Waals surface area contributed by atoms with Gasteiger partial charge in [-0.1, -0.05) is 0 Å². The van der Waals surface area contributed by atoms with Crippen molar-refractivity contribution in [2.75, 3.05) is 23.3 Å². The molecule has 0 unspecified atom stereocenters. The number of hydrogen-bond acceptors (Lipinski definition) is 2. The molecule has 3 aliphatic rings. The first kappa shape index (κ1) is 12.6. The molecule has 108 valence electrons. The first-order chi connectivity index (χ1) is 9.90. The highest BCUT2D eigenvalue weighted by Crippen LogP contribution is 2.45. The van der Waals surface area contributed by atoms with Crippen LogP contribution in [0.5, 0.6) is 0 Å². The molecule has 0 atom stereocenters. The number of nitrogens with one attached hydrogen (secondary N) is 1. The van der Waals surface area contributed by atoms with E-state index in [0.29, 0.717) is 0 Å². The maximum atomic E-state index is 3.81. The van der Waals surface area contributed by atoms with Crippen molar-refractivity contribution in [3.8, 4) is 0 Å². The summed E-state index contributed by atoms with van der Waals surface area (Å²) in [5, 5.41) is 3.81. The second kappa shape index (κ2) is 5.31. The minimum Gasteiger partial charge on any atom is -0.382 e. The molecule has 20 heavy (non-hydrogen) atoms. The summed E-state index contributed by atoms with van der Waals surface area (Å²) in [4.78, 5) is 2.53. The Kier molecular flexibility index (Phi) is 3.33. The van der Waals surface area contributed by atoms with Crippen molar-refractivity contribution in [1.29, 1.82) is 0 Å². The fourth-order valence-corrected chi connectivity index (χ4v) is 3.64. The molecule has 2 saturated carbocycles. The van der Waals surface area contributed by atoms with Crippen LogP contribution in [0.2, 0.25) is 0 Å². The number of hydrogen-bond donors (Lipinski definition) is 1. The molecule has 1 aliphatic heterocycles. The van der Waals surface area contributed by atoms with E-state index in [1.807, 2.05) is 0 Å². The van der Waals surface area contributed by atoms with E-state index in [1.165, 1.54) is 69.4 Å². The summed E-state index contributed by atoms with van der Waals surface area (Å²) in [6, 6.07) is 9.97. The minimum atomic E-state index is 0.760. The van der Waals surface area contributed by atoms with Crippen molar-refractivity contribution in [1.82, 2.24) is 0 Å². The SMILES string of the molecule is c1cc(N2CCCCC2)ccc1NC(C1CC1)C1CC1. The van der Waals surface area contributed by atoms with Crippen molar-refractivity contribution in [2.45, 2.75) is 51.0 Å². The Morgan fingerprint density at radius 2 is 1.45 bits per heavy atom. The van der Waals surface area contributed by atoms with Crippen molar-refractivity contribution in [3.63, 3.8) is 0 Å². The molecule has 1 heterocycles. The molecule has 1 N–H and O–H groups in total. The van der Waals surface area contributed by atoms with E-state index in [-0.39, 0.29) is 0 Å². The van der Waals surface area contributed by atoms with E-state index in [0.717, 1.165) is 17.9 Å². The fraction of sp³-hybridized carbons (Fsp3) is 0.667. The van der Waals surface area contributed by atoms with Crippen LogP contribution in [0.15, 0.2) is 24.3 Å². The van der Waals surface area contributed by atoms with Crippen molar-refractivity contribution in [2.24, 2.45) is 11.8 Å². The summed E-state index contributed by atoms with van der Waals surface area (Å²) in [6.45, 7) is 2.47. The zero-order valence-electron chi connectivity index (χ0n) is 12.4. The maximum Gasteiger partial charge on any atom is 0.0367 e. The van der Waals surface area contributed by atoms with Gasteiger partial charge in [0.2, 0.25) is 0 Å². The number of nitrogens with zero attached hydrogens (tertiary/aromatic N) is 1. The van der Waals surface area contributed by atoms with Crippen LogP contribution in [0, 0.1) is 11.8 Å². The summed E-state index contributed by atoms with van der Waals surface area (Å²) < 4.78 is 0. The average Bonchev–Trinajstić information content (AvgIpc) is 3.40. The van der Waals surface area contributed by atoms with Crippen molar-refractivity contribution >= 4 is 11.4 Å². The van der Waals surface area contributed by atoms with Crippen LogP contribution >= 0.6 is 0 Å². The first-order valence-electron chi connectivity index (χ1n) is 8.52. The predicted molar refractivity (Wildman–Crippen MR) is 85.4 cm³/mol. The topological polar surface area (TPSA) is 15.3 Å². The number of benzene rings is 1. The van der Waals surface area contributed by atoms with Gasteiger partial charge in [-0.05, 0) is 81.0 Å². The Morgan fingerprint density at radius 3 is 2.00 bits per heavy atom. The largest absolute Gasteiger partial charge is 0.382 e. The summed E-state index contributed by atoms with van der Waals surface area (Å²) in [7, 11) is 0. The summed E-state index contributed by atoms with van der Waals surface area (Å²) in [6.07, 6.45) is 9.89. The Hall–Kier alpha value is -1.18. The van der Waals surface area contributed by atoms with Crippen LogP contribution < -0.4 is 10.2 Å². The maximum absolute atomic E-state index is 3.81. The smallest absolute Gasteiger partial charge is 0.0367 e. The Bertz CT molecular complexity index is 427. The van der Waals surface area contributed by atoms with Gasteiger partial charge >= 0.3 is 0 Å². The molecule has 0 radical (unpaired) electrons. The zero-order valence-corrected chi connectivity index (χ0v) is 12.4. The van der Waals surface area contributed by atoms with Gasteiger partial charge in [0.15, 0.2) is 0 Å². The van der Waals surface area contributed by atoms with Gasteiger partial charge in [0, 0.05) is 30.5 Å². The quantitative estimate of drug-likeness (QED) is 0.859. The Morgan fingerprint density at radius 1 is 0.850 bits per heavy atom. The third-order valence-electron chi connectivity index (χ3n) is 5.18. The zero-order chi connectivity index (χ0) is 13.4. The van der Waals surface area contributed by atoms with Gasteiger partial charge < -0.3 is 10.2 Å². The molecule has 2 heteroatoms. The van der Waals surface area contributed by atoms with Gasteiger partial charge in [0.05, 0.1) is 0 Å². The summed E-state index contributed by atoms with van der Waals surface area (Å²) in [5.74, 6) is 1.92. The van der Waals surface area contributed by atoms with E-state index in [2.05, 4.69) is 34.5 Å². The van der Waals surface area contributed by atoms with Crippen LogP contribution in [0.1, 0.15) is 44.9 Å². The van der Waals surface area contributed by atoms with E-state index in [1.54, 1.807) is 0 Å². The van der Waals surface area contributed by atoms with Crippen LogP contribution in [0.25, 0.3) is 0 Å². The lowest BCUT2D eigenvalue weighted by molar-refractivity contribution is 0.567. The minimum absolute atomic E-state index is 0.760. The van der Waals surface area contributed by atoms with Gasteiger partial charge in [-0.2, -0.15) is 0 Å². The summed E-state index contributed by atoms with van der Waals surface area (Å²) >= 11 is 0. The number of piperidine rings is 1. The number of rotatable bonds is 5. The highest BCUT2D eigenvalue weighted by atomic mass is 15.1. The molecule has 3 fully saturated rings. The predicted octanol–water partition coefficient (Wildman–Crippen LogP) is 4.28. The van der Waals surface area contributed by atoms with Gasteiger partial charge in [-0.25, -0.2) is 0 Å². The fourth-order valence-electron chi connectivity index (χ4n) is 3.64. The molecule has 1 aromatic rings. The van der Waals surface area contributed by atoms with Gasteiger partial charge in [0.1, 0.15) is 0 Å². The van der Waals surface area contributed by atoms with Gasteiger partial charge in [-0.3, -0.25) is 0 Å². The van der Waals surface area contributed by atoms with Crippen LogP contribution in [0.4, 0.5) is 11.4 Å². The highest BCUT2D eigenvalue weighted by Gasteiger charge is 2.41. The van der Waals surface area contributed by atoms with Gasteiger partial charge in [0.25, 0.3) is 0 Å². The molecule has 2 aliphatic carbocycles. The average molecular weight is 270 g/mol. The molecule has 0 bridgehead atoms. The third-order valence-corrected chi connectivity index (χ3v) is 5.18. The van der Waals surface area contributed by atoms with E-state index in [4.69, 9.17) is 0 Å². The second-order valence-electron chi connectivity index (χ2n) is 6.94. The Labute approximate surface area is 122 Å². The molecule has 4 rings (SSSR count). The Balaban J connectivity index is 1.41. The molecule has 0 spiro atoms. The summed E-state index contributed by atoms with van der Waals surface area (Å²) in [5.41, 5.74) is 2.74. The van der Waals surface area contributed by atoms with E-state index < -0.39 is 0 Å². The van der Waals surface area contributed by atoms with Crippen molar-refractivity contribution in [3.05, 3.63) is 24.3 Å². The lowest BCUT2D eigenvalue weighted by atomic mass is 10.1. The van der Waals surface area contributed by atoms with Crippen LogP contribution in [-0.2, 0) is 0 Å². The molecule has 0 amide bonds. The van der Waals surface area contributed by atoms with Crippen LogP contribution in [0.3, 0.4) is 0 Å². The standard InChI is InChI=1S/C18H26N2/c1-2-12-20(13-3-1)17-10-8-16(9-11-17)19-18(14-4-5-14)15-6-7-15/h8-11,14-15,18-19H,1-7,12-13H2. The molecular formula is C18H26N2. The molecule has 1 saturated heterocycles. The molecule has 0 aromatic heterocycles. The highest BCUT2D eigenvalue weighted by molar-refractivity contribution is 5.55. The third kappa shape index (κ3) is 2.79. The van der Waals surface area contributed by atoms with Crippen molar-refractivity contribution < 1.29 is 0 Å². The first-order valence-corrected chi connectivity index (χ1v) is 8.52. The molecule has 1 aromatic carbocycles.